The Balaban J connectivity index is 2.86. The van der Waals surface area contributed by atoms with Crippen LogP contribution in [0.3, 0.4) is 0 Å². The minimum absolute atomic E-state index is 0.134. The van der Waals surface area contributed by atoms with Gasteiger partial charge in [-0.05, 0) is 13.3 Å². The smallest absolute Gasteiger partial charge is 0.329 e. The van der Waals surface area contributed by atoms with Crippen molar-refractivity contribution in [2.75, 3.05) is 0 Å². The number of hydrogen-bond donors (Lipinski definition) is 1. The molecule has 0 aromatic carbocycles. The number of likely N-dealkylation sites (tertiary alicyclic amines) is 1. The SMILES string of the molecule is CCCCCC(C)(C(=O)O)N1C(=O)CCC1=O. The minimum atomic E-state index is -1.38. The zero-order valence-corrected chi connectivity index (χ0v) is 10.4. The molecule has 96 valence electrons. The molecule has 1 atom stereocenters. The van der Waals surface area contributed by atoms with Gasteiger partial charge in [0.25, 0.3) is 0 Å². The van der Waals surface area contributed by atoms with Crippen LogP contribution in [-0.2, 0) is 14.4 Å². The number of rotatable bonds is 6. The van der Waals surface area contributed by atoms with Crippen LogP contribution >= 0.6 is 0 Å². The number of aliphatic carboxylic acids is 1. The molecule has 1 aliphatic rings. The van der Waals surface area contributed by atoms with Crippen LogP contribution in [0.25, 0.3) is 0 Å². The molecular weight excluding hydrogens is 222 g/mol. The third kappa shape index (κ3) is 2.65. The topological polar surface area (TPSA) is 74.7 Å². The number of unbranched alkanes of at least 4 members (excludes halogenated alkanes) is 2. The first kappa shape index (κ1) is 13.7. The number of carboxylic acid groups (broad SMARTS) is 1. The highest BCUT2D eigenvalue weighted by Gasteiger charge is 2.47. The highest BCUT2D eigenvalue weighted by molar-refractivity contribution is 6.06. The third-order valence-electron chi connectivity index (χ3n) is 3.27. The van der Waals surface area contributed by atoms with Crippen molar-refractivity contribution in [3.05, 3.63) is 0 Å². The molecule has 0 bridgehead atoms. The van der Waals surface area contributed by atoms with Gasteiger partial charge in [-0.1, -0.05) is 26.2 Å². The zero-order valence-electron chi connectivity index (χ0n) is 10.4. The van der Waals surface area contributed by atoms with Gasteiger partial charge in [0.15, 0.2) is 0 Å². The van der Waals surface area contributed by atoms with Gasteiger partial charge in [-0.15, -0.1) is 0 Å². The predicted molar refractivity (Wildman–Crippen MR) is 61.3 cm³/mol. The monoisotopic (exact) mass is 241 g/mol. The summed E-state index contributed by atoms with van der Waals surface area (Å²) in [5.41, 5.74) is -1.38. The quantitative estimate of drug-likeness (QED) is 0.565. The van der Waals surface area contributed by atoms with Crippen LogP contribution in [0.5, 0.6) is 0 Å². The van der Waals surface area contributed by atoms with Crippen molar-refractivity contribution in [3.63, 3.8) is 0 Å². The van der Waals surface area contributed by atoms with Crippen molar-refractivity contribution in [1.29, 1.82) is 0 Å². The van der Waals surface area contributed by atoms with E-state index in [2.05, 4.69) is 0 Å². The van der Waals surface area contributed by atoms with Crippen molar-refractivity contribution >= 4 is 17.8 Å². The van der Waals surface area contributed by atoms with Gasteiger partial charge in [0.05, 0.1) is 0 Å². The van der Waals surface area contributed by atoms with Gasteiger partial charge in [-0.3, -0.25) is 14.5 Å². The van der Waals surface area contributed by atoms with Crippen molar-refractivity contribution in [2.24, 2.45) is 0 Å². The first-order valence-electron chi connectivity index (χ1n) is 6.02. The number of hydrogen-bond acceptors (Lipinski definition) is 3. The van der Waals surface area contributed by atoms with Gasteiger partial charge in [-0.2, -0.15) is 0 Å². The number of carbonyl (C=O) groups excluding carboxylic acids is 2. The molecule has 0 aliphatic carbocycles. The van der Waals surface area contributed by atoms with Crippen molar-refractivity contribution in [2.45, 2.75) is 57.9 Å². The second kappa shape index (κ2) is 5.29. The van der Waals surface area contributed by atoms with E-state index in [1.807, 2.05) is 6.92 Å². The van der Waals surface area contributed by atoms with E-state index >= 15 is 0 Å². The molecule has 0 radical (unpaired) electrons. The molecule has 1 rings (SSSR count). The second-order valence-corrected chi connectivity index (χ2v) is 4.66. The predicted octanol–water partition coefficient (Wildman–Crippen LogP) is 1.56. The van der Waals surface area contributed by atoms with E-state index < -0.39 is 11.5 Å². The molecule has 0 saturated carbocycles. The Morgan fingerprint density at radius 2 is 1.82 bits per heavy atom. The summed E-state index contributed by atoms with van der Waals surface area (Å²) in [5, 5.41) is 9.28. The Hall–Kier alpha value is -1.39. The van der Waals surface area contributed by atoms with Gasteiger partial charge >= 0.3 is 5.97 Å². The van der Waals surface area contributed by atoms with Gasteiger partial charge in [0, 0.05) is 12.8 Å². The van der Waals surface area contributed by atoms with Crippen LogP contribution in [0.2, 0.25) is 0 Å². The average molecular weight is 241 g/mol. The number of carboxylic acids is 1. The summed E-state index contributed by atoms with van der Waals surface area (Å²) < 4.78 is 0. The maximum Gasteiger partial charge on any atom is 0.329 e. The summed E-state index contributed by atoms with van der Waals surface area (Å²) in [6.45, 7) is 3.48. The fourth-order valence-corrected chi connectivity index (χ4v) is 2.16. The van der Waals surface area contributed by atoms with E-state index in [0.29, 0.717) is 12.8 Å². The Morgan fingerprint density at radius 1 is 1.29 bits per heavy atom. The number of amides is 2. The summed E-state index contributed by atoms with van der Waals surface area (Å²) in [5.74, 6) is -1.83. The molecule has 2 amide bonds. The molecule has 0 aromatic rings. The molecule has 1 aliphatic heterocycles. The lowest BCUT2D eigenvalue weighted by Gasteiger charge is -2.33. The second-order valence-electron chi connectivity index (χ2n) is 4.66. The molecule has 1 saturated heterocycles. The highest BCUT2D eigenvalue weighted by Crippen LogP contribution is 2.29. The van der Waals surface area contributed by atoms with E-state index in [4.69, 9.17) is 0 Å². The molecule has 1 unspecified atom stereocenters. The molecule has 5 heteroatoms. The zero-order chi connectivity index (χ0) is 13.1. The van der Waals surface area contributed by atoms with E-state index in [1.54, 1.807) is 0 Å². The van der Waals surface area contributed by atoms with Gasteiger partial charge < -0.3 is 5.11 Å². The van der Waals surface area contributed by atoms with E-state index in [1.165, 1.54) is 6.92 Å². The fraction of sp³-hybridized carbons (Fsp3) is 0.750. The largest absolute Gasteiger partial charge is 0.479 e. The minimum Gasteiger partial charge on any atom is -0.479 e. The van der Waals surface area contributed by atoms with Gasteiger partial charge in [0.2, 0.25) is 11.8 Å². The normalized spacial score (nSPS) is 19.5. The summed E-state index contributed by atoms with van der Waals surface area (Å²) in [6.07, 6.45) is 3.17. The van der Waals surface area contributed by atoms with Crippen LogP contribution in [0.15, 0.2) is 0 Å². The van der Waals surface area contributed by atoms with Crippen LogP contribution in [0.1, 0.15) is 52.4 Å². The lowest BCUT2D eigenvalue weighted by Crippen LogP contribution is -2.54. The molecule has 0 aromatic heterocycles. The summed E-state index contributed by atoms with van der Waals surface area (Å²) >= 11 is 0. The first-order valence-corrected chi connectivity index (χ1v) is 6.02. The Bertz CT molecular complexity index is 323. The summed E-state index contributed by atoms with van der Waals surface area (Å²) in [4.78, 5) is 35.5. The van der Waals surface area contributed by atoms with E-state index in [9.17, 15) is 19.5 Å². The van der Waals surface area contributed by atoms with Crippen molar-refractivity contribution in [1.82, 2.24) is 4.90 Å². The molecule has 17 heavy (non-hydrogen) atoms. The maximum absolute atomic E-state index is 11.6. The van der Waals surface area contributed by atoms with Crippen molar-refractivity contribution in [3.8, 4) is 0 Å². The highest BCUT2D eigenvalue weighted by atomic mass is 16.4. The summed E-state index contributed by atoms with van der Waals surface area (Å²) in [7, 11) is 0. The average Bonchev–Trinajstić information content (AvgIpc) is 2.59. The Kier molecular flexibility index (Phi) is 4.26. The molecule has 5 nitrogen and oxygen atoms in total. The van der Waals surface area contributed by atoms with Gasteiger partial charge in [-0.25, -0.2) is 4.79 Å². The van der Waals surface area contributed by atoms with E-state index in [-0.39, 0.29) is 24.7 Å². The molecule has 1 heterocycles. The standard InChI is InChI=1S/C12H19NO4/c1-3-4-5-8-12(2,11(16)17)13-9(14)6-7-10(13)15/h3-8H2,1-2H3,(H,16,17). The number of nitrogens with zero attached hydrogens (tertiary/aromatic N) is 1. The Morgan fingerprint density at radius 3 is 2.24 bits per heavy atom. The van der Waals surface area contributed by atoms with Crippen LogP contribution < -0.4 is 0 Å². The molecule has 0 spiro atoms. The Labute approximate surface area is 101 Å². The van der Waals surface area contributed by atoms with E-state index in [0.717, 1.165) is 17.7 Å². The van der Waals surface area contributed by atoms with Crippen LogP contribution in [-0.4, -0.2) is 33.3 Å². The van der Waals surface area contributed by atoms with Gasteiger partial charge in [0.1, 0.15) is 5.54 Å². The lowest BCUT2D eigenvalue weighted by atomic mass is 9.92. The van der Waals surface area contributed by atoms with Crippen molar-refractivity contribution < 1.29 is 19.5 Å². The maximum atomic E-state index is 11.6. The van der Waals surface area contributed by atoms with Crippen LogP contribution in [0, 0.1) is 0 Å². The molecule has 1 N–H and O–H groups in total. The third-order valence-corrected chi connectivity index (χ3v) is 3.27. The fourth-order valence-electron chi connectivity index (χ4n) is 2.16. The number of imide groups is 1. The van der Waals surface area contributed by atoms with Crippen LogP contribution in [0.4, 0.5) is 0 Å². The first-order chi connectivity index (χ1) is 7.93. The number of carbonyl (C=O) groups is 3. The lowest BCUT2D eigenvalue weighted by molar-refractivity contribution is -0.162. The summed E-state index contributed by atoms with van der Waals surface area (Å²) in [6, 6.07) is 0. The molecular formula is C12H19NO4. The molecule has 1 fully saturated rings.